The van der Waals surface area contributed by atoms with Gasteiger partial charge in [-0.2, -0.15) is 0 Å². The van der Waals surface area contributed by atoms with E-state index in [1.807, 2.05) is 42.5 Å². The Balaban J connectivity index is 1.74. The highest BCUT2D eigenvalue weighted by molar-refractivity contribution is 5.73. The second-order valence-corrected chi connectivity index (χ2v) is 6.36. The Morgan fingerprint density at radius 3 is 2.60 bits per heavy atom. The average molecular weight is 337 g/mol. The number of nitrogens with one attached hydrogen (secondary N) is 1. The number of amides is 1. The highest BCUT2D eigenvalue weighted by Crippen LogP contribution is 2.37. The van der Waals surface area contributed by atoms with E-state index in [1.165, 1.54) is 6.92 Å². The summed E-state index contributed by atoms with van der Waals surface area (Å²) >= 11 is 0. The molecule has 0 spiro atoms. The summed E-state index contributed by atoms with van der Waals surface area (Å²) in [6.45, 7) is 2.03. The maximum Gasteiger partial charge on any atom is 0.217 e. The van der Waals surface area contributed by atoms with Gasteiger partial charge in [0.2, 0.25) is 5.91 Å². The molecule has 0 fully saturated rings. The molecular weight excluding hydrogens is 314 g/mol. The molecule has 3 rings (SSSR count). The van der Waals surface area contributed by atoms with Crippen molar-refractivity contribution in [1.29, 1.82) is 0 Å². The minimum Gasteiger partial charge on any atom is -0.508 e. The SMILES string of the molecule is CC(=O)NC1CC(OCc2ccccc2)=CCC1c1ccccc1O. The van der Waals surface area contributed by atoms with Crippen molar-refractivity contribution < 1.29 is 14.6 Å². The predicted octanol–water partition coefficient (Wildman–Crippen LogP) is 3.88. The lowest BCUT2D eigenvalue weighted by Crippen LogP contribution is -2.40. The highest BCUT2D eigenvalue weighted by Gasteiger charge is 2.30. The quantitative estimate of drug-likeness (QED) is 0.870. The van der Waals surface area contributed by atoms with Crippen molar-refractivity contribution in [3.05, 3.63) is 77.6 Å². The molecule has 2 unspecified atom stereocenters. The van der Waals surface area contributed by atoms with Crippen LogP contribution >= 0.6 is 0 Å². The summed E-state index contributed by atoms with van der Waals surface area (Å²) in [5.74, 6) is 1.11. The van der Waals surface area contributed by atoms with Crippen LogP contribution in [0.5, 0.6) is 5.75 Å². The average Bonchev–Trinajstić information content (AvgIpc) is 2.61. The fourth-order valence-corrected chi connectivity index (χ4v) is 3.29. The molecule has 0 aliphatic heterocycles. The summed E-state index contributed by atoms with van der Waals surface area (Å²) in [5, 5.41) is 13.2. The van der Waals surface area contributed by atoms with E-state index in [0.29, 0.717) is 19.4 Å². The first-order valence-electron chi connectivity index (χ1n) is 8.54. The van der Waals surface area contributed by atoms with E-state index >= 15 is 0 Å². The van der Waals surface area contributed by atoms with Crippen molar-refractivity contribution in [1.82, 2.24) is 5.32 Å². The number of phenolic OH excluding ortho intramolecular Hbond substituents is 1. The molecule has 25 heavy (non-hydrogen) atoms. The van der Waals surface area contributed by atoms with E-state index in [1.54, 1.807) is 12.1 Å². The van der Waals surface area contributed by atoms with Crippen LogP contribution in [0.3, 0.4) is 0 Å². The van der Waals surface area contributed by atoms with Gasteiger partial charge in [0.25, 0.3) is 0 Å². The first kappa shape index (κ1) is 17.1. The lowest BCUT2D eigenvalue weighted by Gasteiger charge is -2.32. The van der Waals surface area contributed by atoms with Gasteiger partial charge in [0.15, 0.2) is 0 Å². The Hall–Kier alpha value is -2.75. The zero-order valence-corrected chi connectivity index (χ0v) is 14.3. The molecule has 0 heterocycles. The van der Waals surface area contributed by atoms with Crippen molar-refractivity contribution in [2.75, 3.05) is 0 Å². The second kappa shape index (κ2) is 7.88. The molecule has 1 aliphatic carbocycles. The van der Waals surface area contributed by atoms with Gasteiger partial charge in [-0.15, -0.1) is 0 Å². The highest BCUT2D eigenvalue weighted by atomic mass is 16.5. The van der Waals surface area contributed by atoms with Crippen LogP contribution < -0.4 is 5.32 Å². The van der Waals surface area contributed by atoms with Gasteiger partial charge in [0.1, 0.15) is 12.4 Å². The molecule has 0 bridgehead atoms. The Morgan fingerprint density at radius 2 is 1.88 bits per heavy atom. The number of phenols is 1. The normalized spacial score (nSPS) is 19.8. The molecule has 0 radical (unpaired) electrons. The number of hydrogen-bond acceptors (Lipinski definition) is 3. The summed E-state index contributed by atoms with van der Waals surface area (Å²) in [6, 6.07) is 17.2. The molecule has 1 amide bonds. The van der Waals surface area contributed by atoms with Gasteiger partial charge in [0.05, 0.1) is 5.76 Å². The first-order chi connectivity index (χ1) is 12.1. The number of hydrogen-bond donors (Lipinski definition) is 2. The Labute approximate surface area is 148 Å². The summed E-state index contributed by atoms with van der Waals surface area (Å²) < 4.78 is 5.94. The van der Waals surface area contributed by atoms with Crippen LogP contribution in [-0.4, -0.2) is 17.1 Å². The molecule has 1 aliphatic rings. The minimum atomic E-state index is -0.0958. The van der Waals surface area contributed by atoms with Crippen molar-refractivity contribution >= 4 is 5.91 Å². The molecule has 2 N–H and O–H groups in total. The van der Waals surface area contributed by atoms with Crippen LogP contribution in [0.15, 0.2) is 66.4 Å². The number of carbonyl (C=O) groups is 1. The lowest BCUT2D eigenvalue weighted by atomic mass is 9.82. The number of aromatic hydroxyl groups is 1. The molecular formula is C21H23NO3. The Morgan fingerprint density at radius 1 is 1.16 bits per heavy atom. The van der Waals surface area contributed by atoms with E-state index in [0.717, 1.165) is 16.9 Å². The van der Waals surface area contributed by atoms with E-state index in [4.69, 9.17) is 4.74 Å². The van der Waals surface area contributed by atoms with E-state index in [9.17, 15) is 9.90 Å². The fraction of sp³-hybridized carbons (Fsp3) is 0.286. The van der Waals surface area contributed by atoms with Crippen LogP contribution in [0.4, 0.5) is 0 Å². The third-order valence-corrected chi connectivity index (χ3v) is 4.50. The zero-order chi connectivity index (χ0) is 17.6. The third kappa shape index (κ3) is 4.41. The van der Waals surface area contributed by atoms with Crippen LogP contribution in [-0.2, 0) is 16.1 Å². The van der Waals surface area contributed by atoms with Crippen LogP contribution in [0.1, 0.15) is 36.8 Å². The van der Waals surface area contributed by atoms with Crippen LogP contribution in [0.25, 0.3) is 0 Å². The maximum absolute atomic E-state index is 11.6. The van der Waals surface area contributed by atoms with Gasteiger partial charge in [-0.3, -0.25) is 4.79 Å². The molecule has 130 valence electrons. The summed E-state index contributed by atoms with van der Waals surface area (Å²) in [7, 11) is 0. The monoisotopic (exact) mass is 337 g/mol. The van der Waals surface area contributed by atoms with Gasteiger partial charge < -0.3 is 15.2 Å². The smallest absolute Gasteiger partial charge is 0.217 e. The molecule has 4 heteroatoms. The molecule has 4 nitrogen and oxygen atoms in total. The van der Waals surface area contributed by atoms with E-state index in [-0.39, 0.29) is 23.6 Å². The third-order valence-electron chi connectivity index (χ3n) is 4.50. The van der Waals surface area contributed by atoms with Crippen LogP contribution in [0, 0.1) is 0 Å². The molecule has 2 aromatic carbocycles. The van der Waals surface area contributed by atoms with Gasteiger partial charge in [-0.25, -0.2) is 0 Å². The topological polar surface area (TPSA) is 58.6 Å². The maximum atomic E-state index is 11.6. The number of para-hydroxylation sites is 1. The lowest BCUT2D eigenvalue weighted by molar-refractivity contribution is -0.119. The predicted molar refractivity (Wildman–Crippen MR) is 97.0 cm³/mol. The Bertz CT molecular complexity index is 755. The van der Waals surface area contributed by atoms with E-state index in [2.05, 4.69) is 11.4 Å². The number of allylic oxidation sites excluding steroid dienone is 1. The van der Waals surface area contributed by atoms with Crippen molar-refractivity contribution in [3.63, 3.8) is 0 Å². The van der Waals surface area contributed by atoms with Crippen molar-refractivity contribution in [2.45, 2.75) is 38.3 Å². The zero-order valence-electron chi connectivity index (χ0n) is 14.3. The molecule has 0 saturated heterocycles. The molecule has 0 saturated carbocycles. The number of ether oxygens (including phenoxy) is 1. The fourth-order valence-electron chi connectivity index (χ4n) is 3.29. The minimum absolute atomic E-state index is 0.0363. The largest absolute Gasteiger partial charge is 0.508 e. The van der Waals surface area contributed by atoms with E-state index < -0.39 is 0 Å². The summed E-state index contributed by atoms with van der Waals surface area (Å²) in [5.41, 5.74) is 1.97. The summed E-state index contributed by atoms with van der Waals surface area (Å²) in [4.78, 5) is 11.6. The van der Waals surface area contributed by atoms with Crippen LogP contribution in [0.2, 0.25) is 0 Å². The molecule has 0 aromatic heterocycles. The molecule has 2 aromatic rings. The van der Waals surface area contributed by atoms with Gasteiger partial charge >= 0.3 is 0 Å². The Kier molecular flexibility index (Phi) is 5.39. The van der Waals surface area contributed by atoms with Crippen molar-refractivity contribution in [3.8, 4) is 5.75 Å². The molecule has 2 atom stereocenters. The van der Waals surface area contributed by atoms with Gasteiger partial charge in [-0.05, 0) is 29.7 Å². The van der Waals surface area contributed by atoms with Crippen molar-refractivity contribution in [2.24, 2.45) is 0 Å². The van der Waals surface area contributed by atoms with Gasteiger partial charge in [-0.1, -0.05) is 48.5 Å². The van der Waals surface area contributed by atoms with Gasteiger partial charge in [0, 0.05) is 25.3 Å². The second-order valence-electron chi connectivity index (χ2n) is 6.36. The number of benzene rings is 2. The first-order valence-corrected chi connectivity index (χ1v) is 8.54. The number of rotatable bonds is 5. The summed E-state index contributed by atoms with van der Waals surface area (Å²) in [6.07, 6.45) is 3.40. The standard InChI is InChI=1S/C21H23NO3/c1-15(23)22-20-13-17(25-14-16-7-3-2-4-8-16)11-12-18(20)19-9-5-6-10-21(19)24/h2-11,18,20,24H,12-14H2,1H3,(H,22,23). The number of carbonyl (C=O) groups excluding carboxylic acids is 1.